The maximum atomic E-state index is 12.9. The zero-order valence-corrected chi connectivity index (χ0v) is 28.2. The smallest absolute Gasteiger partial charge is 0.344 e. The van der Waals surface area contributed by atoms with Crippen LogP contribution in [-0.2, 0) is 19.1 Å². The Morgan fingerprint density at radius 2 is 1.12 bits per heavy atom. The molecule has 0 spiro atoms. The second-order valence-electron chi connectivity index (χ2n) is 9.62. The third kappa shape index (κ3) is 14.6. The van der Waals surface area contributed by atoms with Crippen molar-refractivity contribution >= 4 is 40.4 Å². The first-order valence-electron chi connectivity index (χ1n) is 15.0. The van der Waals surface area contributed by atoms with Crippen LogP contribution < -0.4 is 30.0 Å². The van der Waals surface area contributed by atoms with Gasteiger partial charge in [-0.15, -0.1) is 0 Å². The van der Waals surface area contributed by atoms with Crippen LogP contribution in [0.25, 0.3) is 0 Å². The average Bonchev–Trinajstić information content (AvgIpc) is 3.11. The number of halogens is 1. The van der Waals surface area contributed by atoms with Gasteiger partial charge in [0.1, 0.15) is 17.3 Å². The summed E-state index contributed by atoms with van der Waals surface area (Å²) in [6.45, 7) is 2.76. The number of nitrogens with two attached hydrogens (primary N) is 1. The molecule has 0 aromatic heterocycles. The summed E-state index contributed by atoms with van der Waals surface area (Å²) in [5.41, 5.74) is 6.89. The molecule has 17 heteroatoms. The first-order valence-corrected chi connectivity index (χ1v) is 15.0. The van der Waals surface area contributed by atoms with Crippen LogP contribution in [0.1, 0.15) is 13.8 Å². The predicted molar refractivity (Wildman–Crippen MR) is 184 cm³/mol. The van der Waals surface area contributed by atoms with Crippen molar-refractivity contribution in [1.82, 2.24) is 0 Å². The van der Waals surface area contributed by atoms with Gasteiger partial charge in [-0.25, -0.2) is 14.0 Å². The normalized spacial score (nSPS) is 9.75. The first kappa shape index (κ1) is 40.5. The molecule has 0 aliphatic rings. The van der Waals surface area contributed by atoms with Crippen LogP contribution in [0.15, 0.2) is 84.9 Å². The summed E-state index contributed by atoms with van der Waals surface area (Å²) < 4.78 is 42.3. The van der Waals surface area contributed by atoms with Crippen molar-refractivity contribution < 1.29 is 52.2 Å². The summed E-state index contributed by atoms with van der Waals surface area (Å²) in [7, 11) is 3.21. The molecule has 0 fully saturated rings. The van der Waals surface area contributed by atoms with Crippen molar-refractivity contribution in [2.75, 3.05) is 51.7 Å². The van der Waals surface area contributed by atoms with Crippen molar-refractivity contribution in [2.45, 2.75) is 13.8 Å². The van der Waals surface area contributed by atoms with Gasteiger partial charge in [0, 0.05) is 41.3 Å². The minimum atomic E-state index is -0.722. The molecule has 272 valence electrons. The van der Waals surface area contributed by atoms with Crippen molar-refractivity contribution in [3.63, 3.8) is 0 Å². The molecule has 0 heterocycles. The fraction of sp³-hybridized carbons (Fsp3) is 0.235. The summed E-state index contributed by atoms with van der Waals surface area (Å²) in [4.78, 5) is 42.8. The van der Waals surface area contributed by atoms with Crippen molar-refractivity contribution in [3.05, 3.63) is 111 Å². The Morgan fingerprint density at radius 3 is 1.57 bits per heavy atom. The van der Waals surface area contributed by atoms with E-state index in [9.17, 15) is 34.2 Å². The Kier molecular flexibility index (Phi) is 17.0. The number of esters is 2. The minimum Gasteiger partial charge on any atom is -0.497 e. The molecule has 51 heavy (non-hydrogen) atoms. The highest BCUT2D eigenvalue weighted by Crippen LogP contribution is 2.32. The van der Waals surface area contributed by atoms with Crippen LogP contribution in [0.5, 0.6) is 23.0 Å². The van der Waals surface area contributed by atoms with E-state index in [2.05, 4.69) is 10.1 Å². The number of anilines is 3. The lowest BCUT2D eigenvalue weighted by Crippen LogP contribution is -2.15. The standard InChI is InChI=1S/C17H18N2O6.C10H10FNO5.C7H9NO/c1-3-24-17(20)11-25-16-10-13(6-9-15(16)19(21)22)18-12-4-7-14(23-2)8-5-12;1-2-16-10(13)6-17-9-5-7(11)3-4-8(9)12(14)15;1-9-7-4-2-6(8)3-5-7/h4-10,18H,3,11H2,1-2H3;3-5H,2,6H2,1H3;2-5H,8H2,1H3. The van der Waals surface area contributed by atoms with E-state index in [1.165, 1.54) is 12.1 Å². The number of hydrogen-bond acceptors (Lipinski definition) is 14. The van der Waals surface area contributed by atoms with Gasteiger partial charge in [-0.1, -0.05) is 0 Å². The van der Waals surface area contributed by atoms with E-state index in [0.717, 1.165) is 35.3 Å². The first-order chi connectivity index (χ1) is 24.4. The number of nitro benzene ring substituents is 2. The molecule has 0 unspecified atom stereocenters. The highest BCUT2D eigenvalue weighted by Gasteiger charge is 2.18. The van der Waals surface area contributed by atoms with E-state index >= 15 is 0 Å². The van der Waals surface area contributed by atoms with Crippen LogP contribution in [0.2, 0.25) is 0 Å². The number of nitrogen functional groups attached to an aromatic ring is 1. The molecule has 4 aromatic carbocycles. The highest BCUT2D eigenvalue weighted by atomic mass is 19.1. The monoisotopic (exact) mass is 712 g/mol. The summed E-state index contributed by atoms with van der Waals surface area (Å²) in [6.07, 6.45) is 0. The zero-order chi connectivity index (χ0) is 37.8. The molecule has 0 atom stereocenters. The number of nitrogens with zero attached hydrogens (tertiary/aromatic N) is 2. The van der Waals surface area contributed by atoms with E-state index in [0.29, 0.717) is 11.4 Å². The molecule has 0 saturated heterocycles. The number of ether oxygens (including phenoxy) is 6. The van der Waals surface area contributed by atoms with E-state index in [1.54, 1.807) is 70.5 Å². The van der Waals surface area contributed by atoms with E-state index in [4.69, 9.17) is 29.4 Å². The van der Waals surface area contributed by atoms with Gasteiger partial charge in [-0.3, -0.25) is 20.2 Å². The van der Waals surface area contributed by atoms with Crippen LogP contribution >= 0.6 is 0 Å². The Bertz CT molecular complexity index is 1740. The van der Waals surface area contributed by atoms with Crippen LogP contribution in [-0.4, -0.2) is 62.4 Å². The Balaban J connectivity index is 0.000000297. The Labute approximate surface area is 292 Å². The fourth-order valence-electron chi connectivity index (χ4n) is 3.74. The molecule has 0 aliphatic heterocycles. The van der Waals surface area contributed by atoms with Crippen LogP contribution in [0.3, 0.4) is 0 Å². The van der Waals surface area contributed by atoms with Gasteiger partial charge >= 0.3 is 23.3 Å². The van der Waals surface area contributed by atoms with Crippen molar-refractivity contribution in [3.8, 4) is 23.0 Å². The SMILES string of the molecule is CCOC(=O)COc1cc(F)ccc1[N+](=O)[O-].CCOC(=O)COc1cc(Nc2ccc(OC)cc2)ccc1[N+](=O)[O-].COc1ccc(N)cc1. The van der Waals surface area contributed by atoms with E-state index in [-0.39, 0.29) is 30.4 Å². The lowest BCUT2D eigenvalue weighted by molar-refractivity contribution is -0.386. The molecular formula is C34H37FN4O12. The molecule has 0 aliphatic carbocycles. The third-order valence-corrected chi connectivity index (χ3v) is 6.07. The lowest BCUT2D eigenvalue weighted by Gasteiger charge is -2.10. The largest absolute Gasteiger partial charge is 0.497 e. The van der Waals surface area contributed by atoms with Gasteiger partial charge in [-0.2, -0.15) is 0 Å². The second-order valence-corrected chi connectivity index (χ2v) is 9.62. The maximum Gasteiger partial charge on any atom is 0.344 e. The predicted octanol–water partition coefficient (Wildman–Crippen LogP) is 6.24. The van der Waals surface area contributed by atoms with Gasteiger partial charge in [0.2, 0.25) is 5.75 Å². The van der Waals surface area contributed by atoms with Crippen molar-refractivity contribution in [2.24, 2.45) is 0 Å². The van der Waals surface area contributed by atoms with Gasteiger partial charge in [0.15, 0.2) is 19.0 Å². The summed E-state index contributed by atoms with van der Waals surface area (Å²) >= 11 is 0. The molecule has 0 radical (unpaired) electrons. The van der Waals surface area contributed by atoms with Gasteiger partial charge in [0.05, 0.1) is 37.3 Å². The molecule has 0 saturated carbocycles. The third-order valence-electron chi connectivity index (χ3n) is 6.07. The number of nitrogens with one attached hydrogen (secondary N) is 1. The number of benzene rings is 4. The fourth-order valence-corrected chi connectivity index (χ4v) is 3.74. The zero-order valence-electron chi connectivity index (χ0n) is 28.2. The molecule has 3 N–H and O–H groups in total. The number of carbonyl (C=O) groups is 2. The molecule has 0 bridgehead atoms. The van der Waals surface area contributed by atoms with Crippen LogP contribution in [0.4, 0.5) is 32.8 Å². The molecule has 0 amide bonds. The minimum absolute atomic E-state index is 0.0171. The topological polar surface area (TPSA) is 214 Å². The summed E-state index contributed by atoms with van der Waals surface area (Å²) in [6, 6.07) is 21.5. The second kappa shape index (κ2) is 21.3. The molecule has 4 aromatic rings. The van der Waals surface area contributed by atoms with Gasteiger partial charge in [-0.05, 0) is 74.5 Å². The van der Waals surface area contributed by atoms with Gasteiger partial charge in [0.25, 0.3) is 0 Å². The quantitative estimate of drug-likeness (QED) is 0.0641. The molecule has 4 rings (SSSR count). The number of rotatable bonds is 14. The number of nitro groups is 2. The van der Waals surface area contributed by atoms with E-state index in [1.807, 2.05) is 12.1 Å². The van der Waals surface area contributed by atoms with Crippen LogP contribution in [0, 0.1) is 26.0 Å². The number of methoxy groups -OCH3 is 2. The summed E-state index contributed by atoms with van der Waals surface area (Å²) in [5.74, 6) is -0.720. The Morgan fingerprint density at radius 1 is 0.686 bits per heavy atom. The molecule has 16 nitrogen and oxygen atoms in total. The van der Waals surface area contributed by atoms with Crippen molar-refractivity contribution in [1.29, 1.82) is 0 Å². The highest BCUT2D eigenvalue weighted by molar-refractivity contribution is 5.72. The van der Waals surface area contributed by atoms with E-state index < -0.39 is 46.5 Å². The lowest BCUT2D eigenvalue weighted by atomic mass is 10.2. The average molecular weight is 713 g/mol. The molecular weight excluding hydrogens is 675 g/mol. The maximum absolute atomic E-state index is 12.9. The van der Waals surface area contributed by atoms with Gasteiger partial charge < -0.3 is 39.5 Å². The Hall–Kier alpha value is -6.65. The number of hydrogen-bond donors (Lipinski definition) is 2. The summed E-state index contributed by atoms with van der Waals surface area (Å²) in [5, 5.41) is 24.8. The number of carbonyl (C=O) groups excluding carboxylic acids is 2.